The van der Waals surface area contributed by atoms with Crippen molar-refractivity contribution in [3.05, 3.63) is 48.5 Å². The van der Waals surface area contributed by atoms with Crippen LogP contribution in [0.25, 0.3) is 22.4 Å². The Morgan fingerprint density at radius 1 is 1.00 bits per heavy atom. The van der Waals surface area contributed by atoms with E-state index in [1.54, 1.807) is 18.2 Å². The van der Waals surface area contributed by atoms with Crippen LogP contribution in [-0.2, 0) is 6.54 Å². The number of unbranched alkanes of at least 4 members (excludes halogenated alkanes) is 1. The van der Waals surface area contributed by atoms with E-state index < -0.39 is 6.75 Å². The zero-order valence-corrected chi connectivity index (χ0v) is 16.1. The Labute approximate surface area is 163 Å². The van der Waals surface area contributed by atoms with Gasteiger partial charge in [0.05, 0.1) is 11.0 Å². The molecule has 3 aromatic rings. The second kappa shape index (κ2) is 7.82. The van der Waals surface area contributed by atoms with Gasteiger partial charge in [0.2, 0.25) is 0 Å². The topological polar surface area (TPSA) is 78.5 Å². The summed E-state index contributed by atoms with van der Waals surface area (Å²) in [5.41, 5.74) is 2.46. The molecule has 0 bridgehead atoms. The van der Waals surface area contributed by atoms with E-state index in [1.807, 2.05) is 24.3 Å². The average Bonchev–Trinajstić information content (AvgIpc) is 2.90. The van der Waals surface area contributed by atoms with Gasteiger partial charge < -0.3 is 19.6 Å². The van der Waals surface area contributed by atoms with E-state index in [2.05, 4.69) is 16.5 Å². The van der Waals surface area contributed by atoms with Crippen LogP contribution in [0.2, 0.25) is 0 Å². The van der Waals surface area contributed by atoms with Crippen LogP contribution in [0.4, 0.5) is 0 Å². The van der Waals surface area contributed by atoms with Gasteiger partial charge in [-0.3, -0.25) is 0 Å². The quantitative estimate of drug-likeness (QED) is 0.503. The van der Waals surface area contributed by atoms with Crippen LogP contribution < -0.4 is 35.0 Å². The summed E-state index contributed by atoms with van der Waals surface area (Å²) in [6.45, 7) is -0.680. The molecule has 5 nitrogen and oxygen atoms in total. The standard InChI is InChI=1S/C17H20BN2O3.Na/c1-2-3-12-20-16-11-7-6-10-15(16)19-17(20)13-8-4-5-9-14(13)18(21,22)23;/h4-11,21-23H,2-3,12H2,1H3;/q-1;+1. The molecule has 0 aliphatic heterocycles. The first-order chi connectivity index (χ1) is 11.0. The maximum atomic E-state index is 9.71. The summed E-state index contributed by atoms with van der Waals surface area (Å²) >= 11 is 0. The fourth-order valence-electron chi connectivity index (χ4n) is 2.86. The molecule has 0 fully saturated rings. The number of aromatic nitrogens is 2. The van der Waals surface area contributed by atoms with Gasteiger partial charge in [-0.2, -0.15) is 0 Å². The van der Waals surface area contributed by atoms with Gasteiger partial charge in [-0.05, 0) is 24.1 Å². The molecule has 1 heterocycles. The van der Waals surface area contributed by atoms with E-state index in [0.29, 0.717) is 11.4 Å². The van der Waals surface area contributed by atoms with Gasteiger partial charge >= 0.3 is 36.3 Å². The van der Waals surface area contributed by atoms with Gasteiger partial charge in [0, 0.05) is 6.54 Å². The van der Waals surface area contributed by atoms with Crippen LogP contribution in [0.15, 0.2) is 48.5 Å². The van der Waals surface area contributed by atoms with Crippen LogP contribution in [0.5, 0.6) is 0 Å². The van der Waals surface area contributed by atoms with E-state index in [0.717, 1.165) is 30.4 Å². The molecule has 0 radical (unpaired) electrons. The number of aryl methyl sites for hydroxylation is 1. The van der Waals surface area contributed by atoms with Gasteiger partial charge in [0.15, 0.2) is 0 Å². The third kappa shape index (κ3) is 3.74. The Hall–Kier alpha value is -1.15. The summed E-state index contributed by atoms with van der Waals surface area (Å²) in [6, 6.07) is 14.5. The first-order valence-corrected chi connectivity index (χ1v) is 7.89. The van der Waals surface area contributed by atoms with Gasteiger partial charge in [0.1, 0.15) is 5.82 Å². The summed E-state index contributed by atoms with van der Waals surface area (Å²) < 4.78 is 2.07. The monoisotopic (exact) mass is 334 g/mol. The molecule has 3 rings (SSSR count). The van der Waals surface area contributed by atoms with Crippen molar-refractivity contribution in [3.8, 4) is 11.4 Å². The Kier molecular flexibility index (Phi) is 6.25. The van der Waals surface area contributed by atoms with E-state index in [-0.39, 0.29) is 35.0 Å². The molecular weight excluding hydrogens is 314 g/mol. The van der Waals surface area contributed by atoms with Crippen LogP contribution >= 0.6 is 0 Å². The third-order valence-corrected chi connectivity index (χ3v) is 4.01. The maximum absolute atomic E-state index is 9.71. The van der Waals surface area contributed by atoms with Crippen molar-refractivity contribution >= 4 is 23.3 Å². The second-order valence-corrected chi connectivity index (χ2v) is 5.75. The maximum Gasteiger partial charge on any atom is 1.00 e. The number of imidazole rings is 1. The van der Waals surface area contributed by atoms with Crippen LogP contribution in [0.1, 0.15) is 19.8 Å². The molecule has 2 aromatic carbocycles. The zero-order valence-electron chi connectivity index (χ0n) is 14.1. The minimum atomic E-state index is -3.58. The molecule has 0 amide bonds. The fraction of sp³-hybridized carbons (Fsp3) is 0.235. The summed E-state index contributed by atoms with van der Waals surface area (Å²) in [6.07, 6.45) is 2.03. The molecule has 0 saturated heterocycles. The summed E-state index contributed by atoms with van der Waals surface area (Å²) in [7, 11) is 0. The molecule has 0 aliphatic carbocycles. The summed E-state index contributed by atoms with van der Waals surface area (Å²) in [5.74, 6) is 0.638. The van der Waals surface area contributed by atoms with Crippen LogP contribution in [0.3, 0.4) is 0 Å². The first-order valence-electron chi connectivity index (χ1n) is 7.89. The molecule has 24 heavy (non-hydrogen) atoms. The van der Waals surface area contributed by atoms with Crippen molar-refractivity contribution in [3.63, 3.8) is 0 Å². The van der Waals surface area contributed by atoms with Crippen molar-refractivity contribution in [2.75, 3.05) is 0 Å². The minimum Gasteiger partial charge on any atom is -0.556 e. The number of nitrogens with zero attached hydrogens (tertiary/aromatic N) is 2. The second-order valence-electron chi connectivity index (χ2n) is 5.75. The molecular formula is C17H20BN2NaO3. The molecule has 3 N–H and O–H groups in total. The fourth-order valence-corrected chi connectivity index (χ4v) is 2.86. The molecule has 1 aromatic heterocycles. The van der Waals surface area contributed by atoms with Crippen LogP contribution in [0, 0.1) is 0 Å². The normalized spacial score (nSPS) is 11.5. The average molecular weight is 334 g/mol. The smallest absolute Gasteiger partial charge is 0.556 e. The van der Waals surface area contributed by atoms with E-state index in [9.17, 15) is 15.1 Å². The SMILES string of the molecule is CCCCn1c(-c2ccccc2[B-](O)(O)O)nc2ccccc21.[Na+]. The first kappa shape index (κ1) is 19.2. The van der Waals surface area contributed by atoms with E-state index >= 15 is 0 Å². The minimum absolute atomic E-state index is 0. The van der Waals surface area contributed by atoms with Crippen molar-refractivity contribution in [2.45, 2.75) is 26.3 Å². The number of para-hydroxylation sites is 2. The molecule has 0 spiro atoms. The Bertz CT molecular complexity index is 830. The van der Waals surface area contributed by atoms with Gasteiger partial charge in [-0.15, -0.1) is 5.46 Å². The predicted molar refractivity (Wildman–Crippen MR) is 92.1 cm³/mol. The number of hydrogen-bond acceptors (Lipinski definition) is 4. The Morgan fingerprint density at radius 3 is 2.38 bits per heavy atom. The summed E-state index contributed by atoms with van der Waals surface area (Å²) in [5, 5.41) is 29.1. The van der Waals surface area contributed by atoms with E-state index in [1.165, 1.54) is 6.07 Å². The van der Waals surface area contributed by atoms with Crippen LogP contribution in [-0.4, -0.2) is 31.4 Å². The summed E-state index contributed by atoms with van der Waals surface area (Å²) in [4.78, 5) is 4.65. The van der Waals surface area contributed by atoms with Crippen molar-refractivity contribution in [1.82, 2.24) is 9.55 Å². The molecule has 7 heteroatoms. The van der Waals surface area contributed by atoms with E-state index in [4.69, 9.17) is 0 Å². The molecule has 0 saturated carbocycles. The van der Waals surface area contributed by atoms with Crippen molar-refractivity contribution in [2.24, 2.45) is 0 Å². The number of benzene rings is 2. The third-order valence-electron chi connectivity index (χ3n) is 4.01. The molecule has 0 aliphatic rings. The molecule has 120 valence electrons. The Morgan fingerprint density at radius 2 is 1.67 bits per heavy atom. The predicted octanol–water partition coefficient (Wildman–Crippen LogP) is -1.37. The van der Waals surface area contributed by atoms with Gasteiger partial charge in [-0.25, -0.2) is 4.98 Å². The van der Waals surface area contributed by atoms with Gasteiger partial charge in [-0.1, -0.05) is 49.7 Å². The largest absolute Gasteiger partial charge is 1.00 e. The molecule has 0 atom stereocenters. The number of fused-ring (bicyclic) bond motifs is 1. The number of rotatable bonds is 5. The number of hydrogen-bond donors (Lipinski definition) is 3. The Balaban J connectivity index is 0.00000208. The zero-order chi connectivity index (χ0) is 16.4. The van der Waals surface area contributed by atoms with Crippen molar-refractivity contribution in [1.29, 1.82) is 0 Å². The molecule has 0 unspecified atom stereocenters. The van der Waals surface area contributed by atoms with Gasteiger partial charge in [0.25, 0.3) is 0 Å². The van der Waals surface area contributed by atoms with Crippen molar-refractivity contribution < 1.29 is 44.6 Å².